The van der Waals surface area contributed by atoms with E-state index in [2.05, 4.69) is 4.98 Å². The van der Waals surface area contributed by atoms with Crippen LogP contribution in [0.15, 0.2) is 79.2 Å². The Balaban J connectivity index is 1.49. The molecule has 0 aliphatic carbocycles. The van der Waals surface area contributed by atoms with E-state index < -0.39 is 0 Å². The third-order valence-electron chi connectivity index (χ3n) is 4.41. The van der Waals surface area contributed by atoms with Crippen molar-refractivity contribution in [2.75, 3.05) is 0 Å². The van der Waals surface area contributed by atoms with Crippen LogP contribution in [0.25, 0.3) is 21.7 Å². The predicted molar refractivity (Wildman–Crippen MR) is 118 cm³/mol. The van der Waals surface area contributed by atoms with Gasteiger partial charge >= 0.3 is 0 Å². The van der Waals surface area contributed by atoms with Crippen molar-refractivity contribution in [2.24, 2.45) is 0 Å². The van der Waals surface area contributed by atoms with Crippen molar-refractivity contribution in [1.29, 1.82) is 0 Å². The largest absolute Gasteiger partial charge is 0.467 e. The van der Waals surface area contributed by atoms with Crippen LogP contribution in [0.3, 0.4) is 0 Å². The van der Waals surface area contributed by atoms with Crippen LogP contribution in [0, 0.1) is 0 Å². The van der Waals surface area contributed by atoms with E-state index in [0.717, 1.165) is 16.5 Å². The number of benzene rings is 1. The average Bonchev–Trinajstić information content (AvgIpc) is 3.51. The molecule has 4 aromatic heterocycles. The number of nitrogens with zero attached hydrogens (tertiary/aromatic N) is 3. The van der Waals surface area contributed by atoms with Crippen LogP contribution in [0.2, 0.25) is 5.02 Å². The lowest BCUT2D eigenvalue weighted by Crippen LogP contribution is -2.23. The first-order valence-corrected chi connectivity index (χ1v) is 11.3. The first-order valence-electron chi connectivity index (χ1n) is 9.01. The highest BCUT2D eigenvalue weighted by Gasteiger charge is 2.15. The molecule has 0 atom stereocenters. The Hall–Kier alpha value is -2.81. The van der Waals surface area contributed by atoms with Crippen molar-refractivity contribution < 1.29 is 8.83 Å². The van der Waals surface area contributed by atoms with Crippen LogP contribution >= 0.6 is 34.7 Å². The first kappa shape index (κ1) is 19.2. The van der Waals surface area contributed by atoms with Crippen LogP contribution in [-0.4, -0.2) is 14.5 Å². The van der Waals surface area contributed by atoms with E-state index in [4.69, 9.17) is 25.4 Å². The van der Waals surface area contributed by atoms with Crippen LogP contribution in [0.4, 0.5) is 0 Å². The number of aromatic nitrogens is 3. The summed E-state index contributed by atoms with van der Waals surface area (Å²) in [6, 6.07) is 12.5. The van der Waals surface area contributed by atoms with Gasteiger partial charge in [-0.3, -0.25) is 9.36 Å². The maximum Gasteiger partial charge on any atom is 0.262 e. The van der Waals surface area contributed by atoms with Gasteiger partial charge in [0.1, 0.15) is 5.76 Å². The van der Waals surface area contributed by atoms with Crippen molar-refractivity contribution >= 4 is 45.6 Å². The second kappa shape index (κ2) is 8.14. The minimum absolute atomic E-state index is 0.134. The molecule has 30 heavy (non-hydrogen) atoms. The van der Waals surface area contributed by atoms with Gasteiger partial charge in [-0.2, -0.15) is 0 Å². The fraction of sp³-hybridized carbons (Fsp3) is 0.0952. The van der Waals surface area contributed by atoms with Crippen LogP contribution in [0.1, 0.15) is 11.5 Å². The van der Waals surface area contributed by atoms with E-state index in [0.29, 0.717) is 39.1 Å². The summed E-state index contributed by atoms with van der Waals surface area (Å²) in [5, 5.41) is 4.44. The zero-order valence-corrected chi connectivity index (χ0v) is 17.8. The van der Waals surface area contributed by atoms with E-state index in [-0.39, 0.29) is 5.56 Å². The molecule has 0 fully saturated rings. The van der Waals surface area contributed by atoms with Crippen molar-refractivity contribution in [3.63, 3.8) is 0 Å². The molecular weight excluding hydrogens is 442 g/mol. The molecule has 5 rings (SSSR count). The number of halogens is 1. The van der Waals surface area contributed by atoms with E-state index in [1.807, 2.05) is 23.6 Å². The average molecular weight is 456 g/mol. The van der Waals surface area contributed by atoms with Gasteiger partial charge in [-0.05, 0) is 42.5 Å². The third kappa shape index (κ3) is 3.81. The molecule has 0 unspecified atom stereocenters. The van der Waals surface area contributed by atoms with Gasteiger partial charge < -0.3 is 8.83 Å². The fourth-order valence-electron chi connectivity index (χ4n) is 3.01. The summed E-state index contributed by atoms with van der Waals surface area (Å²) in [6.45, 7) is 0.300. The van der Waals surface area contributed by atoms with Gasteiger partial charge in [0.15, 0.2) is 15.9 Å². The maximum atomic E-state index is 13.2. The summed E-state index contributed by atoms with van der Waals surface area (Å²) in [7, 11) is 0. The van der Waals surface area contributed by atoms with Crippen molar-refractivity contribution in [3.05, 3.63) is 87.2 Å². The molecule has 0 spiro atoms. The van der Waals surface area contributed by atoms with Crippen molar-refractivity contribution in [1.82, 2.24) is 14.5 Å². The molecular formula is C21H14ClN3O3S2. The monoisotopic (exact) mass is 455 g/mol. The minimum atomic E-state index is -0.134. The van der Waals surface area contributed by atoms with E-state index in [1.165, 1.54) is 23.1 Å². The maximum absolute atomic E-state index is 13.2. The normalized spacial score (nSPS) is 11.4. The number of rotatable bonds is 6. The number of thiazole rings is 1. The van der Waals surface area contributed by atoms with Gasteiger partial charge in [-0.15, -0.1) is 11.3 Å². The van der Waals surface area contributed by atoms with E-state index in [9.17, 15) is 4.79 Å². The molecule has 1 aromatic carbocycles. The van der Waals surface area contributed by atoms with Crippen LogP contribution < -0.4 is 5.56 Å². The highest BCUT2D eigenvalue weighted by molar-refractivity contribution is 7.98. The van der Waals surface area contributed by atoms with Gasteiger partial charge in [-0.1, -0.05) is 23.4 Å². The lowest BCUT2D eigenvalue weighted by atomic mass is 10.2. The Kier molecular flexibility index (Phi) is 5.20. The molecule has 0 saturated carbocycles. The summed E-state index contributed by atoms with van der Waals surface area (Å²) in [5.41, 5.74) is 1.33. The summed E-state index contributed by atoms with van der Waals surface area (Å²) < 4.78 is 12.5. The van der Waals surface area contributed by atoms with Gasteiger partial charge in [0.25, 0.3) is 5.56 Å². The quantitative estimate of drug-likeness (QED) is 0.241. The zero-order valence-electron chi connectivity index (χ0n) is 15.4. The molecule has 0 aliphatic rings. The summed E-state index contributed by atoms with van der Waals surface area (Å²) in [5.74, 6) is 1.99. The van der Waals surface area contributed by atoms with Crippen molar-refractivity contribution in [2.45, 2.75) is 17.5 Å². The fourth-order valence-corrected chi connectivity index (χ4v) is 4.96. The topological polar surface area (TPSA) is 74.1 Å². The van der Waals surface area contributed by atoms with Gasteiger partial charge in [0, 0.05) is 16.2 Å². The number of furan rings is 2. The van der Waals surface area contributed by atoms with Crippen LogP contribution in [-0.2, 0) is 12.3 Å². The third-order valence-corrected chi connectivity index (χ3v) is 6.56. The van der Waals surface area contributed by atoms with E-state index >= 15 is 0 Å². The number of fused-ring (bicyclic) bond motifs is 1. The minimum Gasteiger partial charge on any atom is -0.467 e. The molecule has 0 saturated heterocycles. The molecule has 0 N–H and O–H groups in total. The Morgan fingerprint density at radius 1 is 1.10 bits per heavy atom. The van der Waals surface area contributed by atoms with Crippen molar-refractivity contribution in [3.8, 4) is 10.8 Å². The van der Waals surface area contributed by atoms with E-state index in [1.54, 1.807) is 41.4 Å². The number of hydrogen-bond donors (Lipinski definition) is 0. The first-order chi connectivity index (χ1) is 14.7. The smallest absolute Gasteiger partial charge is 0.262 e. The highest BCUT2D eigenvalue weighted by atomic mass is 35.5. The van der Waals surface area contributed by atoms with Gasteiger partial charge in [0.2, 0.25) is 0 Å². The highest BCUT2D eigenvalue weighted by Crippen LogP contribution is 2.28. The molecule has 6 nitrogen and oxygen atoms in total. The molecule has 4 heterocycles. The Labute approximate surface area is 184 Å². The zero-order chi connectivity index (χ0) is 20.5. The predicted octanol–water partition coefficient (Wildman–Crippen LogP) is 5.70. The SMILES string of the molecule is O=c1c2ccc(Cl)cc2nc(SCc2csc(-c3ccco3)n2)n1Cc1ccco1. The second-order valence-corrected chi connectivity index (χ2v) is 8.67. The molecule has 5 aromatic rings. The summed E-state index contributed by atoms with van der Waals surface area (Å²) in [6.07, 6.45) is 3.22. The molecule has 0 bridgehead atoms. The summed E-state index contributed by atoms with van der Waals surface area (Å²) >= 11 is 9.08. The molecule has 150 valence electrons. The van der Waals surface area contributed by atoms with Crippen LogP contribution in [0.5, 0.6) is 0 Å². The molecule has 0 amide bonds. The van der Waals surface area contributed by atoms with Gasteiger partial charge in [-0.25, -0.2) is 9.97 Å². The second-order valence-electron chi connectivity index (χ2n) is 6.44. The lowest BCUT2D eigenvalue weighted by Gasteiger charge is -2.12. The molecule has 0 radical (unpaired) electrons. The number of thioether (sulfide) groups is 1. The summed E-state index contributed by atoms with van der Waals surface area (Å²) in [4.78, 5) is 22.5. The standard InChI is InChI=1S/C21H14ClN3O3S2/c22-13-5-6-16-17(9-13)24-21(25(20(16)26)10-15-3-1-7-27-15)30-12-14-11-29-19(23-14)18-4-2-8-28-18/h1-9,11H,10,12H2. The Morgan fingerprint density at radius 2 is 1.97 bits per heavy atom. The van der Waals surface area contributed by atoms with Gasteiger partial charge in [0.05, 0.1) is 35.7 Å². The Morgan fingerprint density at radius 3 is 2.77 bits per heavy atom. The number of hydrogen-bond acceptors (Lipinski definition) is 7. The molecule has 0 aliphatic heterocycles. The molecule has 9 heteroatoms. The Bertz CT molecular complexity index is 1360. The lowest BCUT2D eigenvalue weighted by molar-refractivity contribution is 0.476.